The SMILES string of the molecule is CONC(=O)Nc1ccc(B2OC(C)(C)C(C)(C)O2)cc1. The van der Waals surface area contributed by atoms with Crippen LogP contribution in [0.15, 0.2) is 24.3 Å². The van der Waals surface area contributed by atoms with Crippen LogP contribution in [0.25, 0.3) is 0 Å². The number of benzene rings is 1. The van der Waals surface area contributed by atoms with E-state index in [4.69, 9.17) is 9.31 Å². The lowest BCUT2D eigenvalue weighted by Crippen LogP contribution is -2.41. The minimum absolute atomic E-state index is 0.368. The van der Waals surface area contributed by atoms with E-state index in [1.807, 2.05) is 39.8 Å². The standard InChI is InChI=1S/C14H21BN2O4/c1-13(2)14(3,4)21-15(20-13)10-6-8-11(9-7-10)16-12(18)17-19-5/h6-9H,1-5H3,(H2,16,17,18). The second-order valence-corrected chi connectivity index (χ2v) is 5.97. The normalized spacial score (nSPS) is 19.4. The second-order valence-electron chi connectivity index (χ2n) is 5.97. The third kappa shape index (κ3) is 3.37. The maximum Gasteiger partial charge on any atom is 0.494 e. The topological polar surface area (TPSA) is 68.8 Å². The van der Waals surface area contributed by atoms with E-state index in [-0.39, 0.29) is 11.2 Å². The van der Waals surface area contributed by atoms with Gasteiger partial charge >= 0.3 is 13.1 Å². The fourth-order valence-corrected chi connectivity index (χ4v) is 1.95. The van der Waals surface area contributed by atoms with E-state index in [1.54, 1.807) is 12.1 Å². The van der Waals surface area contributed by atoms with Gasteiger partial charge in [-0.05, 0) is 45.3 Å². The Bertz CT molecular complexity index is 500. The molecule has 1 aromatic carbocycles. The molecule has 114 valence electrons. The number of nitrogens with one attached hydrogen (secondary N) is 2. The molecule has 0 unspecified atom stereocenters. The van der Waals surface area contributed by atoms with Gasteiger partial charge in [0.25, 0.3) is 0 Å². The van der Waals surface area contributed by atoms with E-state index in [0.717, 1.165) is 5.46 Å². The van der Waals surface area contributed by atoms with E-state index in [1.165, 1.54) is 7.11 Å². The molecule has 0 aliphatic carbocycles. The summed E-state index contributed by atoms with van der Waals surface area (Å²) in [6.45, 7) is 8.05. The number of urea groups is 1. The summed E-state index contributed by atoms with van der Waals surface area (Å²) in [4.78, 5) is 15.9. The van der Waals surface area contributed by atoms with Crippen molar-refractivity contribution in [2.45, 2.75) is 38.9 Å². The molecule has 1 aliphatic rings. The molecule has 0 saturated carbocycles. The van der Waals surface area contributed by atoms with Crippen molar-refractivity contribution < 1.29 is 18.9 Å². The molecule has 1 saturated heterocycles. The van der Waals surface area contributed by atoms with Crippen molar-refractivity contribution in [3.8, 4) is 0 Å². The predicted molar refractivity (Wildman–Crippen MR) is 81.3 cm³/mol. The summed E-state index contributed by atoms with van der Waals surface area (Å²) in [5.74, 6) is 0. The fourth-order valence-electron chi connectivity index (χ4n) is 1.95. The zero-order valence-electron chi connectivity index (χ0n) is 13.0. The van der Waals surface area contributed by atoms with Crippen molar-refractivity contribution in [1.29, 1.82) is 0 Å². The van der Waals surface area contributed by atoms with Crippen molar-refractivity contribution in [3.05, 3.63) is 24.3 Å². The molecule has 0 bridgehead atoms. The van der Waals surface area contributed by atoms with E-state index >= 15 is 0 Å². The van der Waals surface area contributed by atoms with Gasteiger partial charge in [-0.3, -0.25) is 4.84 Å². The van der Waals surface area contributed by atoms with Crippen molar-refractivity contribution in [2.75, 3.05) is 12.4 Å². The predicted octanol–water partition coefficient (Wildman–Crippen LogP) is 1.67. The smallest absolute Gasteiger partial charge is 0.399 e. The Morgan fingerprint density at radius 3 is 2.10 bits per heavy atom. The maximum absolute atomic E-state index is 11.3. The highest BCUT2D eigenvalue weighted by atomic mass is 16.7. The van der Waals surface area contributed by atoms with Crippen LogP contribution in [-0.4, -0.2) is 31.5 Å². The van der Waals surface area contributed by atoms with E-state index in [0.29, 0.717) is 5.69 Å². The molecule has 2 N–H and O–H groups in total. The first-order chi connectivity index (χ1) is 9.75. The molecular formula is C14H21BN2O4. The minimum atomic E-state index is -0.430. The first-order valence-electron chi connectivity index (χ1n) is 6.81. The Labute approximate surface area is 125 Å². The van der Waals surface area contributed by atoms with Gasteiger partial charge in [0.15, 0.2) is 0 Å². The van der Waals surface area contributed by atoms with Crippen LogP contribution in [0.3, 0.4) is 0 Å². The average molecular weight is 292 g/mol. The Balaban J connectivity index is 2.05. The lowest BCUT2D eigenvalue weighted by Gasteiger charge is -2.32. The monoisotopic (exact) mass is 292 g/mol. The van der Waals surface area contributed by atoms with E-state index in [2.05, 4.69) is 15.6 Å². The first-order valence-corrected chi connectivity index (χ1v) is 6.81. The molecule has 2 amide bonds. The summed E-state index contributed by atoms with van der Waals surface area (Å²) in [6, 6.07) is 6.88. The zero-order chi connectivity index (χ0) is 15.7. The van der Waals surface area contributed by atoms with Gasteiger partial charge in [0.2, 0.25) is 0 Å². The number of hydroxylamine groups is 1. The van der Waals surface area contributed by atoms with Gasteiger partial charge in [0.1, 0.15) is 0 Å². The van der Waals surface area contributed by atoms with Crippen LogP contribution in [0.4, 0.5) is 10.5 Å². The zero-order valence-corrected chi connectivity index (χ0v) is 13.0. The molecule has 1 aliphatic heterocycles. The van der Waals surface area contributed by atoms with Gasteiger partial charge < -0.3 is 14.6 Å². The molecule has 0 aromatic heterocycles. The first kappa shape index (κ1) is 15.8. The summed E-state index contributed by atoms with van der Waals surface area (Å²) in [7, 11) is 0.970. The molecule has 2 rings (SSSR count). The van der Waals surface area contributed by atoms with Crippen molar-refractivity contribution in [1.82, 2.24) is 5.48 Å². The second kappa shape index (κ2) is 5.67. The molecule has 0 spiro atoms. The van der Waals surface area contributed by atoms with Crippen LogP contribution >= 0.6 is 0 Å². The van der Waals surface area contributed by atoms with Crippen molar-refractivity contribution in [2.24, 2.45) is 0 Å². The molecule has 1 fully saturated rings. The lowest BCUT2D eigenvalue weighted by atomic mass is 9.79. The molecule has 1 heterocycles. The summed E-state index contributed by atoms with van der Waals surface area (Å²) in [6.07, 6.45) is 0. The van der Waals surface area contributed by atoms with Crippen LogP contribution in [-0.2, 0) is 14.1 Å². The van der Waals surface area contributed by atoms with Crippen molar-refractivity contribution >= 4 is 24.3 Å². The van der Waals surface area contributed by atoms with Crippen LogP contribution in [0, 0.1) is 0 Å². The van der Waals surface area contributed by atoms with Gasteiger partial charge in [-0.25, -0.2) is 10.3 Å². The van der Waals surface area contributed by atoms with Gasteiger partial charge in [-0.15, -0.1) is 0 Å². The number of hydrogen-bond acceptors (Lipinski definition) is 4. The van der Waals surface area contributed by atoms with Gasteiger partial charge in [-0.1, -0.05) is 12.1 Å². The Morgan fingerprint density at radius 1 is 1.10 bits per heavy atom. The average Bonchev–Trinajstić information content (AvgIpc) is 2.59. The van der Waals surface area contributed by atoms with Crippen LogP contribution in [0.2, 0.25) is 0 Å². The fraction of sp³-hybridized carbons (Fsp3) is 0.500. The maximum atomic E-state index is 11.3. The highest BCUT2D eigenvalue weighted by Crippen LogP contribution is 2.36. The highest BCUT2D eigenvalue weighted by Gasteiger charge is 2.51. The Morgan fingerprint density at radius 2 is 1.62 bits per heavy atom. The number of carbonyl (C=O) groups excluding carboxylic acids is 1. The summed E-state index contributed by atoms with van der Waals surface area (Å²) < 4.78 is 11.9. The largest absolute Gasteiger partial charge is 0.494 e. The Hall–Kier alpha value is -1.57. The highest BCUT2D eigenvalue weighted by molar-refractivity contribution is 6.62. The molecule has 6 nitrogen and oxygen atoms in total. The lowest BCUT2D eigenvalue weighted by molar-refractivity contribution is 0.00578. The molecule has 1 aromatic rings. The minimum Gasteiger partial charge on any atom is -0.399 e. The molecular weight excluding hydrogens is 271 g/mol. The summed E-state index contributed by atoms with van der Waals surface area (Å²) in [5.41, 5.74) is 3.02. The third-order valence-corrected chi connectivity index (χ3v) is 3.89. The number of carbonyl (C=O) groups is 1. The van der Waals surface area contributed by atoms with E-state index < -0.39 is 13.1 Å². The molecule has 21 heavy (non-hydrogen) atoms. The third-order valence-electron chi connectivity index (χ3n) is 3.89. The molecule has 0 radical (unpaired) electrons. The number of hydrogen-bond donors (Lipinski definition) is 2. The summed E-state index contributed by atoms with van der Waals surface area (Å²) >= 11 is 0. The summed E-state index contributed by atoms with van der Waals surface area (Å²) in [5, 5.41) is 2.64. The molecule has 7 heteroatoms. The quantitative estimate of drug-likeness (QED) is 0.657. The van der Waals surface area contributed by atoms with Gasteiger partial charge in [-0.2, -0.15) is 0 Å². The van der Waals surface area contributed by atoms with Gasteiger partial charge in [0.05, 0.1) is 18.3 Å². The Kier molecular flexibility index (Phi) is 4.27. The van der Waals surface area contributed by atoms with Crippen LogP contribution in [0.5, 0.6) is 0 Å². The number of anilines is 1. The van der Waals surface area contributed by atoms with Crippen molar-refractivity contribution in [3.63, 3.8) is 0 Å². The molecule has 0 atom stereocenters. The van der Waals surface area contributed by atoms with Crippen LogP contribution in [0.1, 0.15) is 27.7 Å². The van der Waals surface area contributed by atoms with E-state index in [9.17, 15) is 4.79 Å². The number of amides is 2. The number of rotatable bonds is 3. The van der Waals surface area contributed by atoms with Gasteiger partial charge in [0, 0.05) is 5.69 Å². The van der Waals surface area contributed by atoms with Crippen LogP contribution < -0.4 is 16.3 Å².